The second-order valence-electron chi connectivity index (χ2n) is 7.50. The molecule has 26 heavy (non-hydrogen) atoms. The van der Waals surface area contributed by atoms with Gasteiger partial charge in [-0.05, 0) is 23.9 Å². The Hall–Kier alpha value is -1.93. The summed E-state index contributed by atoms with van der Waals surface area (Å²) in [6.45, 7) is 6.11. The minimum absolute atomic E-state index is 0.0617. The van der Waals surface area contributed by atoms with Crippen molar-refractivity contribution in [1.29, 1.82) is 0 Å². The molecular formula is C18H23N3O3S2. The van der Waals surface area contributed by atoms with E-state index in [1.807, 2.05) is 44.4 Å². The summed E-state index contributed by atoms with van der Waals surface area (Å²) < 4.78 is 25.4. The van der Waals surface area contributed by atoms with Crippen LogP contribution in [0.3, 0.4) is 0 Å². The van der Waals surface area contributed by atoms with Gasteiger partial charge in [-0.1, -0.05) is 26.8 Å². The van der Waals surface area contributed by atoms with Gasteiger partial charge in [0, 0.05) is 22.4 Å². The number of carbonyl (C=O) groups excluding carboxylic acids is 1. The van der Waals surface area contributed by atoms with Crippen LogP contribution < -0.4 is 5.32 Å². The van der Waals surface area contributed by atoms with Gasteiger partial charge in [-0.3, -0.25) is 4.79 Å². The molecule has 3 heterocycles. The fourth-order valence-corrected chi connectivity index (χ4v) is 5.12. The molecule has 140 valence electrons. The number of aromatic nitrogens is 2. The molecule has 0 bridgehead atoms. The lowest BCUT2D eigenvalue weighted by molar-refractivity contribution is -0.111. The van der Waals surface area contributed by atoms with Crippen molar-refractivity contribution < 1.29 is 13.2 Å². The maximum absolute atomic E-state index is 12.3. The molecule has 2 aromatic rings. The van der Waals surface area contributed by atoms with Gasteiger partial charge in [0.05, 0.1) is 23.2 Å². The lowest BCUT2D eigenvalue weighted by Crippen LogP contribution is -2.19. The van der Waals surface area contributed by atoms with Gasteiger partial charge in [-0.25, -0.2) is 13.1 Å². The molecule has 6 nitrogen and oxygen atoms in total. The van der Waals surface area contributed by atoms with Crippen molar-refractivity contribution in [2.75, 3.05) is 16.8 Å². The van der Waals surface area contributed by atoms with Crippen molar-refractivity contribution in [2.24, 2.45) is 0 Å². The molecule has 0 aliphatic carbocycles. The van der Waals surface area contributed by atoms with Gasteiger partial charge in [0.15, 0.2) is 9.84 Å². The van der Waals surface area contributed by atoms with Gasteiger partial charge in [-0.15, -0.1) is 11.3 Å². The van der Waals surface area contributed by atoms with Crippen molar-refractivity contribution in [2.45, 2.75) is 38.6 Å². The third-order valence-corrected chi connectivity index (χ3v) is 6.84. The van der Waals surface area contributed by atoms with Crippen LogP contribution in [0.15, 0.2) is 29.7 Å². The van der Waals surface area contributed by atoms with Crippen LogP contribution in [0.2, 0.25) is 0 Å². The molecule has 2 aromatic heterocycles. The average Bonchev–Trinajstić information content (AvgIpc) is 3.24. The lowest BCUT2D eigenvalue weighted by Gasteiger charge is -2.15. The van der Waals surface area contributed by atoms with E-state index in [1.165, 1.54) is 6.08 Å². The number of sulfone groups is 1. The predicted molar refractivity (Wildman–Crippen MR) is 105 cm³/mol. The van der Waals surface area contributed by atoms with E-state index in [0.29, 0.717) is 12.2 Å². The SMILES string of the molecule is CC(C)(C)c1cc(NC(=O)/C=C/c2cccs2)n(C2CCS(=O)(=O)C2)n1. The van der Waals surface area contributed by atoms with Crippen LogP contribution in [-0.4, -0.2) is 35.6 Å². The van der Waals surface area contributed by atoms with E-state index in [9.17, 15) is 13.2 Å². The molecule has 1 saturated heterocycles. The fraction of sp³-hybridized carbons (Fsp3) is 0.444. The number of rotatable bonds is 4. The van der Waals surface area contributed by atoms with Crippen molar-refractivity contribution >= 4 is 39.0 Å². The molecule has 1 amide bonds. The Labute approximate surface area is 157 Å². The molecule has 0 saturated carbocycles. The number of nitrogens with one attached hydrogen (secondary N) is 1. The monoisotopic (exact) mass is 393 g/mol. The number of hydrogen-bond donors (Lipinski definition) is 1. The Bertz CT molecular complexity index is 920. The number of carbonyl (C=O) groups is 1. The summed E-state index contributed by atoms with van der Waals surface area (Å²) in [5.41, 5.74) is 0.619. The topological polar surface area (TPSA) is 81.1 Å². The normalized spacial score (nSPS) is 19.9. The first-order valence-electron chi connectivity index (χ1n) is 8.47. The number of nitrogens with zero attached hydrogens (tertiary/aromatic N) is 2. The van der Waals surface area contributed by atoms with E-state index >= 15 is 0 Å². The van der Waals surface area contributed by atoms with Gasteiger partial charge in [0.2, 0.25) is 5.91 Å². The molecule has 1 fully saturated rings. The number of amides is 1. The molecular weight excluding hydrogens is 370 g/mol. The minimum atomic E-state index is -3.04. The Morgan fingerprint density at radius 1 is 1.42 bits per heavy atom. The van der Waals surface area contributed by atoms with Crippen LogP contribution in [0, 0.1) is 0 Å². The zero-order valence-corrected chi connectivity index (χ0v) is 16.7. The Morgan fingerprint density at radius 3 is 2.77 bits per heavy atom. The molecule has 0 aromatic carbocycles. The summed E-state index contributed by atoms with van der Waals surface area (Å²) in [5, 5.41) is 9.41. The standard InChI is InChI=1S/C18H23N3O3S2/c1-18(2,3)15-11-16(19-17(22)7-6-14-5-4-9-25-14)21(20-15)13-8-10-26(23,24)12-13/h4-7,9,11,13H,8,10,12H2,1-3H3,(H,19,22)/b7-6+. The van der Waals surface area contributed by atoms with E-state index in [4.69, 9.17) is 0 Å². The molecule has 0 spiro atoms. The summed E-state index contributed by atoms with van der Waals surface area (Å²) in [7, 11) is -3.04. The largest absolute Gasteiger partial charge is 0.307 e. The molecule has 1 aliphatic rings. The maximum atomic E-state index is 12.3. The first-order valence-corrected chi connectivity index (χ1v) is 11.2. The van der Waals surface area contributed by atoms with E-state index < -0.39 is 9.84 Å². The fourth-order valence-electron chi connectivity index (χ4n) is 2.81. The van der Waals surface area contributed by atoms with Crippen molar-refractivity contribution in [3.05, 3.63) is 40.2 Å². The summed E-state index contributed by atoms with van der Waals surface area (Å²) in [6.07, 6.45) is 3.75. The van der Waals surface area contributed by atoms with Crippen molar-refractivity contribution in [3.8, 4) is 0 Å². The highest BCUT2D eigenvalue weighted by Crippen LogP contribution is 2.30. The Balaban J connectivity index is 1.85. The second-order valence-corrected chi connectivity index (χ2v) is 10.7. The molecule has 1 aliphatic heterocycles. The highest BCUT2D eigenvalue weighted by atomic mass is 32.2. The third kappa shape index (κ3) is 4.42. The van der Waals surface area contributed by atoms with E-state index in [1.54, 1.807) is 22.1 Å². The van der Waals surface area contributed by atoms with E-state index in [-0.39, 0.29) is 28.9 Å². The van der Waals surface area contributed by atoms with Gasteiger partial charge in [0.1, 0.15) is 5.82 Å². The summed E-state index contributed by atoms with van der Waals surface area (Å²) in [4.78, 5) is 13.3. The van der Waals surface area contributed by atoms with Crippen LogP contribution in [-0.2, 0) is 20.0 Å². The molecule has 0 radical (unpaired) electrons. The number of thiophene rings is 1. The van der Waals surface area contributed by atoms with Crippen LogP contribution in [0.25, 0.3) is 6.08 Å². The predicted octanol–water partition coefficient (Wildman–Crippen LogP) is 3.25. The van der Waals surface area contributed by atoms with Crippen LogP contribution >= 0.6 is 11.3 Å². The van der Waals surface area contributed by atoms with Crippen LogP contribution in [0.5, 0.6) is 0 Å². The quantitative estimate of drug-likeness (QED) is 0.809. The molecule has 1 N–H and O–H groups in total. The highest BCUT2D eigenvalue weighted by Gasteiger charge is 2.32. The van der Waals surface area contributed by atoms with Crippen molar-refractivity contribution in [1.82, 2.24) is 9.78 Å². The number of hydrogen-bond acceptors (Lipinski definition) is 5. The lowest BCUT2D eigenvalue weighted by atomic mass is 9.92. The molecule has 1 atom stereocenters. The Morgan fingerprint density at radius 2 is 2.19 bits per heavy atom. The smallest absolute Gasteiger partial charge is 0.249 e. The van der Waals surface area contributed by atoms with E-state index in [2.05, 4.69) is 10.4 Å². The maximum Gasteiger partial charge on any atom is 0.249 e. The number of anilines is 1. The zero-order valence-electron chi connectivity index (χ0n) is 15.1. The van der Waals surface area contributed by atoms with Crippen molar-refractivity contribution in [3.63, 3.8) is 0 Å². The molecule has 8 heteroatoms. The summed E-state index contributed by atoms with van der Waals surface area (Å²) in [6, 6.07) is 5.45. The van der Waals surface area contributed by atoms with E-state index in [0.717, 1.165) is 10.6 Å². The molecule has 3 rings (SSSR count). The summed E-state index contributed by atoms with van der Waals surface area (Å²) in [5.74, 6) is 0.499. The zero-order chi connectivity index (χ0) is 18.9. The minimum Gasteiger partial charge on any atom is -0.307 e. The second kappa shape index (κ2) is 7.00. The van der Waals surface area contributed by atoms with Crippen LogP contribution in [0.4, 0.5) is 5.82 Å². The summed E-state index contributed by atoms with van der Waals surface area (Å²) >= 11 is 1.55. The molecule has 1 unspecified atom stereocenters. The Kier molecular flexibility index (Phi) is 5.07. The van der Waals surface area contributed by atoms with Gasteiger partial charge in [-0.2, -0.15) is 5.10 Å². The van der Waals surface area contributed by atoms with Gasteiger partial charge in [0.25, 0.3) is 0 Å². The average molecular weight is 394 g/mol. The van der Waals surface area contributed by atoms with Gasteiger partial charge >= 0.3 is 0 Å². The highest BCUT2D eigenvalue weighted by molar-refractivity contribution is 7.91. The van der Waals surface area contributed by atoms with Gasteiger partial charge < -0.3 is 5.32 Å². The third-order valence-electron chi connectivity index (χ3n) is 4.25. The van der Waals surface area contributed by atoms with Crippen LogP contribution in [0.1, 0.15) is 43.8 Å². The first-order chi connectivity index (χ1) is 12.1. The first kappa shape index (κ1) is 18.8.